The maximum absolute atomic E-state index is 12.9. The Bertz CT molecular complexity index is 992. The molecule has 136 valence electrons. The lowest BCUT2D eigenvalue weighted by Gasteiger charge is -2.11. The third-order valence-corrected chi connectivity index (χ3v) is 5.75. The van der Waals surface area contributed by atoms with Gasteiger partial charge in [-0.3, -0.25) is 4.79 Å². The quantitative estimate of drug-likeness (QED) is 0.668. The molecule has 0 aliphatic heterocycles. The number of para-hydroxylation sites is 1. The van der Waals surface area contributed by atoms with Gasteiger partial charge in [-0.1, -0.05) is 18.2 Å². The molecule has 1 atom stereocenters. The topological polar surface area (TPSA) is 76.4 Å². The van der Waals surface area contributed by atoms with Crippen LogP contribution in [0, 0.1) is 5.82 Å². The first-order chi connectivity index (χ1) is 12.3. The van der Waals surface area contributed by atoms with E-state index in [0.717, 1.165) is 23.1 Å². The standard InChI is InChI=1S/C19H18FNO4S/c1-13(18-12-14-4-2-3-5-17(14)25-18)21-19(22)10-11-26(23,24)16-8-6-15(20)7-9-16/h2-9,12-13H,10-11H2,1H3,(H,21,22)/t13-/m0/s1. The molecular formula is C19H18FNO4S. The molecule has 3 rings (SSSR count). The average Bonchev–Trinajstić information content (AvgIpc) is 3.05. The van der Waals surface area contributed by atoms with Gasteiger partial charge in [0, 0.05) is 11.8 Å². The summed E-state index contributed by atoms with van der Waals surface area (Å²) in [6.07, 6.45) is -0.190. The van der Waals surface area contributed by atoms with E-state index in [9.17, 15) is 17.6 Å². The van der Waals surface area contributed by atoms with Crippen molar-refractivity contribution in [3.63, 3.8) is 0 Å². The van der Waals surface area contributed by atoms with Crippen LogP contribution in [0.5, 0.6) is 0 Å². The van der Waals surface area contributed by atoms with Gasteiger partial charge in [-0.05, 0) is 43.3 Å². The maximum Gasteiger partial charge on any atom is 0.221 e. The van der Waals surface area contributed by atoms with Gasteiger partial charge >= 0.3 is 0 Å². The molecule has 3 aromatic rings. The smallest absolute Gasteiger partial charge is 0.221 e. The van der Waals surface area contributed by atoms with Crippen LogP contribution in [0.2, 0.25) is 0 Å². The molecule has 0 saturated heterocycles. The highest BCUT2D eigenvalue weighted by Crippen LogP contribution is 2.23. The van der Waals surface area contributed by atoms with Gasteiger partial charge in [0.05, 0.1) is 16.7 Å². The van der Waals surface area contributed by atoms with Gasteiger partial charge in [0.25, 0.3) is 0 Å². The second-order valence-electron chi connectivity index (χ2n) is 6.00. The first-order valence-corrected chi connectivity index (χ1v) is 9.76. The summed E-state index contributed by atoms with van der Waals surface area (Å²) in [6.45, 7) is 1.77. The summed E-state index contributed by atoms with van der Waals surface area (Å²) in [5.41, 5.74) is 0.725. The van der Waals surface area contributed by atoms with Crippen molar-refractivity contribution in [3.05, 3.63) is 66.2 Å². The molecule has 0 unspecified atom stereocenters. The third kappa shape index (κ3) is 4.11. The molecule has 26 heavy (non-hydrogen) atoms. The van der Waals surface area contributed by atoms with Crippen molar-refractivity contribution >= 4 is 26.7 Å². The van der Waals surface area contributed by atoms with E-state index in [0.29, 0.717) is 5.76 Å². The minimum absolute atomic E-state index is 0.00275. The fourth-order valence-corrected chi connectivity index (χ4v) is 3.83. The number of rotatable bonds is 6. The Balaban J connectivity index is 1.60. The van der Waals surface area contributed by atoms with E-state index >= 15 is 0 Å². The molecule has 1 amide bonds. The van der Waals surface area contributed by atoms with Crippen molar-refractivity contribution in [3.8, 4) is 0 Å². The van der Waals surface area contributed by atoms with Crippen molar-refractivity contribution in [1.82, 2.24) is 5.32 Å². The lowest BCUT2D eigenvalue weighted by atomic mass is 10.2. The normalized spacial score (nSPS) is 12.8. The van der Waals surface area contributed by atoms with Crippen LogP contribution in [0.15, 0.2) is 63.9 Å². The number of halogens is 1. The molecule has 2 aromatic carbocycles. The zero-order valence-corrected chi connectivity index (χ0v) is 14.9. The van der Waals surface area contributed by atoms with Gasteiger partial charge in [0.1, 0.15) is 17.2 Å². The van der Waals surface area contributed by atoms with Crippen molar-refractivity contribution < 1.29 is 22.0 Å². The van der Waals surface area contributed by atoms with Gasteiger partial charge < -0.3 is 9.73 Å². The monoisotopic (exact) mass is 375 g/mol. The SMILES string of the molecule is C[C@H](NC(=O)CCS(=O)(=O)c1ccc(F)cc1)c1cc2ccccc2o1. The van der Waals surface area contributed by atoms with Crippen LogP contribution in [0.4, 0.5) is 4.39 Å². The zero-order valence-electron chi connectivity index (χ0n) is 14.1. The Hall–Kier alpha value is -2.67. The van der Waals surface area contributed by atoms with Crippen LogP contribution in [0.1, 0.15) is 25.1 Å². The van der Waals surface area contributed by atoms with Crippen LogP contribution >= 0.6 is 0 Å². The minimum Gasteiger partial charge on any atom is -0.459 e. The molecule has 0 aliphatic rings. The number of amides is 1. The van der Waals surface area contributed by atoms with Crippen molar-refractivity contribution in [1.29, 1.82) is 0 Å². The second kappa shape index (κ2) is 7.29. The molecule has 7 heteroatoms. The van der Waals surface area contributed by atoms with Gasteiger partial charge in [-0.25, -0.2) is 12.8 Å². The fourth-order valence-electron chi connectivity index (χ4n) is 2.59. The first-order valence-electron chi connectivity index (χ1n) is 8.11. The van der Waals surface area contributed by atoms with Gasteiger partial charge in [0.15, 0.2) is 9.84 Å². The molecule has 0 fully saturated rings. The molecule has 0 saturated carbocycles. The first kappa shape index (κ1) is 18.1. The highest BCUT2D eigenvalue weighted by Gasteiger charge is 2.19. The van der Waals surface area contributed by atoms with Crippen molar-refractivity contribution in [2.75, 3.05) is 5.75 Å². The molecule has 1 aromatic heterocycles. The van der Waals surface area contributed by atoms with E-state index < -0.39 is 21.6 Å². The van der Waals surface area contributed by atoms with Crippen molar-refractivity contribution in [2.45, 2.75) is 24.3 Å². The summed E-state index contributed by atoms with van der Waals surface area (Å²) in [6, 6.07) is 13.5. The molecule has 0 aliphatic carbocycles. The Labute approximate surface area is 150 Å². The average molecular weight is 375 g/mol. The summed E-state index contributed by atoms with van der Waals surface area (Å²) < 4.78 is 43.0. The number of benzene rings is 2. The molecule has 0 spiro atoms. The summed E-state index contributed by atoms with van der Waals surface area (Å²) in [5.74, 6) is -0.664. The number of hydrogen-bond donors (Lipinski definition) is 1. The molecule has 5 nitrogen and oxygen atoms in total. The minimum atomic E-state index is -3.64. The van der Waals surface area contributed by atoms with Gasteiger partial charge in [-0.2, -0.15) is 0 Å². The Kier molecular flexibility index (Phi) is 5.08. The highest BCUT2D eigenvalue weighted by atomic mass is 32.2. The number of hydrogen-bond acceptors (Lipinski definition) is 4. The molecule has 1 N–H and O–H groups in total. The van der Waals surface area contributed by atoms with Crippen LogP contribution in [-0.2, 0) is 14.6 Å². The number of carbonyl (C=O) groups excluding carboxylic acids is 1. The van der Waals surface area contributed by atoms with Crippen LogP contribution in [0.25, 0.3) is 11.0 Å². The molecular weight excluding hydrogens is 357 g/mol. The Morgan fingerprint density at radius 1 is 1.15 bits per heavy atom. The van der Waals surface area contributed by atoms with Crippen LogP contribution < -0.4 is 5.32 Å². The van der Waals surface area contributed by atoms with E-state index in [4.69, 9.17) is 4.42 Å². The van der Waals surface area contributed by atoms with E-state index in [2.05, 4.69) is 5.32 Å². The van der Waals surface area contributed by atoms with E-state index in [1.54, 1.807) is 6.92 Å². The molecule has 0 radical (unpaired) electrons. The van der Waals surface area contributed by atoms with Gasteiger partial charge in [-0.15, -0.1) is 0 Å². The summed E-state index contributed by atoms with van der Waals surface area (Å²) in [4.78, 5) is 12.1. The fraction of sp³-hybridized carbons (Fsp3) is 0.211. The molecule has 0 bridgehead atoms. The summed E-state index contributed by atoms with van der Waals surface area (Å²) in [7, 11) is -3.64. The Morgan fingerprint density at radius 2 is 1.85 bits per heavy atom. The predicted molar refractivity (Wildman–Crippen MR) is 95.8 cm³/mol. The Morgan fingerprint density at radius 3 is 2.54 bits per heavy atom. The number of furan rings is 1. The number of sulfone groups is 1. The van der Waals surface area contributed by atoms with Crippen LogP contribution in [0.3, 0.4) is 0 Å². The number of nitrogens with one attached hydrogen (secondary N) is 1. The third-order valence-electron chi connectivity index (χ3n) is 4.02. The van der Waals surface area contributed by atoms with Gasteiger partial charge in [0.2, 0.25) is 5.91 Å². The summed E-state index contributed by atoms with van der Waals surface area (Å²) >= 11 is 0. The lowest BCUT2D eigenvalue weighted by molar-refractivity contribution is -0.121. The van der Waals surface area contributed by atoms with E-state index in [1.165, 1.54) is 12.1 Å². The van der Waals surface area contributed by atoms with E-state index in [-0.39, 0.29) is 23.1 Å². The number of fused-ring (bicyclic) bond motifs is 1. The zero-order chi connectivity index (χ0) is 18.7. The lowest BCUT2D eigenvalue weighted by Crippen LogP contribution is -2.28. The van der Waals surface area contributed by atoms with Crippen molar-refractivity contribution in [2.24, 2.45) is 0 Å². The predicted octanol–water partition coefficient (Wildman–Crippen LogP) is 3.61. The number of carbonyl (C=O) groups is 1. The highest BCUT2D eigenvalue weighted by molar-refractivity contribution is 7.91. The summed E-state index contributed by atoms with van der Waals surface area (Å²) in [5, 5.41) is 3.67. The van der Waals surface area contributed by atoms with E-state index in [1.807, 2.05) is 30.3 Å². The van der Waals surface area contributed by atoms with Crippen LogP contribution in [-0.4, -0.2) is 20.1 Å². The maximum atomic E-state index is 12.9. The largest absolute Gasteiger partial charge is 0.459 e. The second-order valence-corrected chi connectivity index (χ2v) is 8.11. The molecule has 1 heterocycles.